The van der Waals surface area contributed by atoms with Crippen LogP contribution < -0.4 is 21.7 Å². The number of rotatable bonds is 12. The smallest absolute Gasteiger partial charge is 0.415 e. The van der Waals surface area contributed by atoms with Crippen molar-refractivity contribution in [3.63, 3.8) is 0 Å². The van der Waals surface area contributed by atoms with Crippen LogP contribution in [0.1, 0.15) is 68.7 Å². The number of alkyl halides is 3. The fourth-order valence-electron chi connectivity index (χ4n) is 5.05. The van der Waals surface area contributed by atoms with Crippen molar-refractivity contribution in [3.05, 3.63) is 119 Å². The second kappa shape index (κ2) is 14.8. The van der Waals surface area contributed by atoms with E-state index in [0.717, 1.165) is 24.8 Å². The van der Waals surface area contributed by atoms with Crippen molar-refractivity contribution in [2.75, 3.05) is 10.6 Å². The predicted molar refractivity (Wildman–Crippen MR) is 180 cm³/mol. The van der Waals surface area contributed by atoms with Gasteiger partial charge in [0.25, 0.3) is 5.91 Å². The van der Waals surface area contributed by atoms with Crippen LogP contribution >= 0.6 is 0 Å². The highest BCUT2D eigenvalue weighted by Gasteiger charge is 2.34. The number of carbonyl (C=O) groups is 2. The maximum atomic E-state index is 13.6. The van der Waals surface area contributed by atoms with E-state index in [4.69, 9.17) is 10.5 Å². The third-order valence-electron chi connectivity index (χ3n) is 7.76. The summed E-state index contributed by atoms with van der Waals surface area (Å²) in [7, 11) is 0. The zero-order chi connectivity index (χ0) is 35.1. The molecule has 3 aromatic carbocycles. The summed E-state index contributed by atoms with van der Waals surface area (Å²) in [6.45, 7) is 8.38. The van der Waals surface area contributed by atoms with Gasteiger partial charge in [0.1, 0.15) is 11.3 Å². The number of carbonyl (C=O) groups excluding carboxylic acids is 2. The quantitative estimate of drug-likeness (QED) is 0.115. The van der Waals surface area contributed by atoms with E-state index >= 15 is 0 Å². The number of benzene rings is 3. The Morgan fingerprint density at radius 1 is 0.979 bits per heavy atom. The Morgan fingerprint density at radius 3 is 2.23 bits per heavy atom. The molecule has 4 rings (SSSR count). The van der Waals surface area contributed by atoms with Gasteiger partial charge < -0.3 is 26.4 Å². The first-order valence-electron chi connectivity index (χ1n) is 15.6. The highest BCUT2D eigenvalue weighted by molar-refractivity contribution is 6.06. The minimum atomic E-state index is -4.77. The molecule has 252 valence electrons. The molecule has 0 radical (unpaired) electrons. The first-order chi connectivity index (χ1) is 22.6. The average molecular weight is 660 g/mol. The van der Waals surface area contributed by atoms with Crippen molar-refractivity contribution < 1.29 is 27.5 Å². The molecule has 1 unspecified atom stereocenters. The molecule has 48 heavy (non-hydrogen) atoms. The molecule has 1 saturated carbocycles. The lowest BCUT2D eigenvalue weighted by Crippen LogP contribution is -2.38. The number of halogens is 3. The first-order valence-corrected chi connectivity index (χ1v) is 15.6. The zero-order valence-electron chi connectivity index (χ0n) is 27.2. The Morgan fingerprint density at radius 2 is 1.60 bits per heavy atom. The molecule has 3 aromatic rings. The van der Waals surface area contributed by atoms with Gasteiger partial charge in [-0.25, -0.2) is 4.79 Å². The topological polar surface area (TPSA) is 129 Å². The van der Waals surface area contributed by atoms with E-state index in [2.05, 4.69) is 28.6 Å². The third-order valence-corrected chi connectivity index (χ3v) is 7.76. The van der Waals surface area contributed by atoms with Crippen molar-refractivity contribution in [1.29, 1.82) is 5.26 Å². The minimum absolute atomic E-state index is 0.0799. The first kappa shape index (κ1) is 35.8. The van der Waals surface area contributed by atoms with E-state index in [1.165, 1.54) is 0 Å². The normalized spacial score (nSPS) is 14.7. The number of nitrogens with two attached hydrogens (primary N) is 1. The maximum Gasteiger partial charge on any atom is 0.415 e. The lowest BCUT2D eigenvalue weighted by Gasteiger charge is -2.31. The minimum Gasteiger partial charge on any atom is -0.444 e. The summed E-state index contributed by atoms with van der Waals surface area (Å²) in [4.78, 5) is 25.6. The van der Waals surface area contributed by atoms with E-state index < -0.39 is 40.6 Å². The van der Waals surface area contributed by atoms with Crippen LogP contribution in [-0.2, 0) is 21.6 Å². The SMILES string of the molecule is C=C(/C=C(\Nc1cccc(CNC(=O)OC(C)(C)C)c1)C(=O)Nc1cccc(C(N)(CCC2CC2)c2cccc(C#N)c2)c1)C(F)(F)F. The maximum absolute atomic E-state index is 13.6. The number of hydrogen-bond donors (Lipinski definition) is 4. The van der Waals surface area contributed by atoms with Crippen molar-refractivity contribution >= 4 is 23.4 Å². The molecule has 0 saturated heterocycles. The number of nitrogens with one attached hydrogen (secondary N) is 3. The third kappa shape index (κ3) is 10.2. The molecule has 0 spiro atoms. The number of alkyl carbamates (subject to hydrolysis) is 1. The van der Waals surface area contributed by atoms with E-state index in [1.54, 1.807) is 81.4 Å². The van der Waals surface area contributed by atoms with Crippen molar-refractivity contribution in [3.8, 4) is 6.07 Å². The molecule has 0 heterocycles. The summed E-state index contributed by atoms with van der Waals surface area (Å²) in [6.07, 6.45) is -1.01. The van der Waals surface area contributed by atoms with Crippen molar-refractivity contribution in [2.24, 2.45) is 11.7 Å². The van der Waals surface area contributed by atoms with Gasteiger partial charge in [0.05, 0.1) is 22.7 Å². The molecule has 1 aliphatic carbocycles. The van der Waals surface area contributed by atoms with Gasteiger partial charge in [0.2, 0.25) is 0 Å². The highest BCUT2D eigenvalue weighted by Crippen LogP contribution is 2.40. The standard InChI is InChI=1S/C37H40F3N5O3/c1-24(37(38,39)40)18-32(44-30-12-6-9-27(20-30)23-43-34(47)48-35(2,3)4)33(46)45-31-13-7-11-29(21-31)36(42,17-16-25-14-15-25)28-10-5-8-26(19-28)22-41/h5-13,18-21,25,44H,1,14-17,23,42H2,2-4H3,(H,43,47)(H,45,46)/b32-18-. The number of amides is 2. The Balaban J connectivity index is 1.59. The Kier molecular flexibility index (Phi) is 11.0. The summed E-state index contributed by atoms with van der Waals surface area (Å²) in [6, 6.07) is 22.6. The summed E-state index contributed by atoms with van der Waals surface area (Å²) in [5.41, 5.74) is 6.91. The number of hydrogen-bond acceptors (Lipinski definition) is 6. The number of allylic oxidation sites excluding steroid dienone is 2. The van der Waals surface area contributed by atoms with Gasteiger partial charge in [-0.1, -0.05) is 55.8 Å². The Hall–Kier alpha value is -5.08. The molecular formula is C37H40F3N5O3. The van der Waals surface area contributed by atoms with Crippen LogP contribution in [0.5, 0.6) is 0 Å². The zero-order valence-corrected chi connectivity index (χ0v) is 27.2. The molecule has 0 bridgehead atoms. The summed E-state index contributed by atoms with van der Waals surface area (Å²) < 4.78 is 45.9. The molecule has 1 aliphatic rings. The Bertz CT molecular complexity index is 1730. The van der Waals surface area contributed by atoms with Crippen LogP contribution in [0.15, 0.2) is 96.7 Å². The van der Waals surface area contributed by atoms with Crippen molar-refractivity contribution in [2.45, 2.75) is 70.3 Å². The summed E-state index contributed by atoms with van der Waals surface area (Å²) in [5, 5.41) is 17.6. The summed E-state index contributed by atoms with van der Waals surface area (Å²) in [5.74, 6) is -0.260. The van der Waals surface area contributed by atoms with E-state index in [-0.39, 0.29) is 6.54 Å². The van der Waals surface area contributed by atoms with Gasteiger partial charge in [-0.05, 0) is 98.7 Å². The van der Waals surface area contributed by atoms with Crippen LogP contribution in [0.25, 0.3) is 0 Å². The number of nitrogens with zero attached hydrogens (tertiary/aromatic N) is 1. The number of nitriles is 1. The second-order valence-electron chi connectivity index (χ2n) is 12.9. The van der Waals surface area contributed by atoms with Crippen LogP contribution in [0.2, 0.25) is 0 Å². The van der Waals surface area contributed by atoms with Crippen molar-refractivity contribution in [1.82, 2.24) is 5.32 Å². The molecule has 11 heteroatoms. The molecule has 8 nitrogen and oxygen atoms in total. The highest BCUT2D eigenvalue weighted by atomic mass is 19.4. The van der Waals surface area contributed by atoms with E-state index in [0.29, 0.717) is 46.5 Å². The molecule has 2 amide bonds. The number of ether oxygens (including phenoxy) is 1. The lowest BCUT2D eigenvalue weighted by molar-refractivity contribution is -0.112. The molecule has 0 aliphatic heterocycles. The fraction of sp³-hybridized carbons (Fsp3) is 0.324. The van der Waals surface area contributed by atoms with Crippen LogP contribution in [0.3, 0.4) is 0 Å². The predicted octanol–water partition coefficient (Wildman–Crippen LogP) is 8.03. The summed E-state index contributed by atoms with van der Waals surface area (Å²) >= 11 is 0. The van der Waals surface area contributed by atoms with E-state index in [9.17, 15) is 28.0 Å². The molecular weight excluding hydrogens is 619 g/mol. The largest absolute Gasteiger partial charge is 0.444 e. The van der Waals surface area contributed by atoms with Gasteiger partial charge in [-0.2, -0.15) is 18.4 Å². The van der Waals surface area contributed by atoms with Crippen LogP contribution in [0.4, 0.5) is 29.3 Å². The van der Waals surface area contributed by atoms with Crippen LogP contribution in [-0.4, -0.2) is 23.8 Å². The second-order valence-corrected chi connectivity index (χ2v) is 12.9. The fourth-order valence-corrected chi connectivity index (χ4v) is 5.05. The van der Waals surface area contributed by atoms with Gasteiger partial charge >= 0.3 is 12.3 Å². The Labute approximate surface area is 278 Å². The lowest BCUT2D eigenvalue weighted by atomic mass is 9.79. The molecule has 5 N–H and O–H groups in total. The number of anilines is 2. The van der Waals surface area contributed by atoms with Gasteiger partial charge in [0.15, 0.2) is 0 Å². The molecule has 1 fully saturated rings. The molecule has 0 aromatic heterocycles. The van der Waals surface area contributed by atoms with E-state index in [1.807, 2.05) is 12.1 Å². The van der Waals surface area contributed by atoms with Crippen LogP contribution in [0, 0.1) is 17.2 Å². The monoisotopic (exact) mass is 659 g/mol. The van der Waals surface area contributed by atoms with Gasteiger partial charge in [-0.15, -0.1) is 0 Å². The van der Waals surface area contributed by atoms with Gasteiger partial charge in [-0.3, -0.25) is 4.79 Å². The van der Waals surface area contributed by atoms with Gasteiger partial charge in [0, 0.05) is 17.9 Å². The average Bonchev–Trinajstić information content (AvgIpc) is 3.86. The molecule has 1 atom stereocenters.